The maximum atomic E-state index is 13.8. The predicted molar refractivity (Wildman–Crippen MR) is 88.4 cm³/mol. The van der Waals surface area contributed by atoms with Gasteiger partial charge in [-0.3, -0.25) is 4.79 Å². The first-order chi connectivity index (χ1) is 11.9. The molecule has 1 fully saturated rings. The van der Waals surface area contributed by atoms with E-state index in [1.54, 1.807) is 23.4 Å². The maximum Gasteiger partial charge on any atom is 0.255 e. The molecule has 7 nitrogen and oxygen atoms in total. The number of hydrogen-bond donors (Lipinski definition) is 1. The standard InChI is InChI=1S/C16H18FN3O4S/c1-24-15-3-2-13(10-14(15)17)25(22,23)20-8-6-19(7-9-20)16(21)12-4-5-18-11-12/h2-5,10-11,18H,6-9H2,1H3. The van der Waals surface area contributed by atoms with Crippen LogP contribution in [0.15, 0.2) is 41.6 Å². The van der Waals surface area contributed by atoms with Crippen molar-refractivity contribution in [3.05, 3.63) is 48.0 Å². The van der Waals surface area contributed by atoms with E-state index in [-0.39, 0.29) is 42.7 Å². The Morgan fingerprint density at radius 2 is 1.92 bits per heavy atom. The summed E-state index contributed by atoms with van der Waals surface area (Å²) in [5, 5.41) is 0. The quantitative estimate of drug-likeness (QED) is 0.883. The van der Waals surface area contributed by atoms with Gasteiger partial charge in [0, 0.05) is 38.6 Å². The van der Waals surface area contributed by atoms with Crippen LogP contribution in [-0.4, -0.2) is 61.8 Å². The summed E-state index contributed by atoms with van der Waals surface area (Å²) in [6.45, 7) is 0.877. The lowest BCUT2D eigenvalue weighted by Crippen LogP contribution is -2.50. The molecule has 9 heteroatoms. The maximum absolute atomic E-state index is 13.8. The zero-order chi connectivity index (χ0) is 18.0. The molecule has 0 saturated carbocycles. The SMILES string of the molecule is COc1ccc(S(=O)(=O)N2CCN(C(=O)c3cc[nH]c3)CC2)cc1F. The molecule has 0 aliphatic carbocycles. The molecular formula is C16H18FN3O4S. The molecule has 0 unspecified atom stereocenters. The van der Waals surface area contributed by atoms with Gasteiger partial charge in [0.25, 0.3) is 5.91 Å². The largest absolute Gasteiger partial charge is 0.494 e. The molecule has 2 aromatic rings. The number of aromatic amines is 1. The molecule has 0 bridgehead atoms. The Hall–Kier alpha value is -2.39. The average Bonchev–Trinajstić information content (AvgIpc) is 3.15. The van der Waals surface area contributed by atoms with Gasteiger partial charge in [0.2, 0.25) is 10.0 Å². The number of methoxy groups -OCH3 is 1. The first-order valence-electron chi connectivity index (χ1n) is 7.69. The fraction of sp³-hybridized carbons (Fsp3) is 0.312. The lowest BCUT2D eigenvalue weighted by Gasteiger charge is -2.33. The van der Waals surface area contributed by atoms with Crippen LogP contribution in [0.4, 0.5) is 4.39 Å². The second-order valence-electron chi connectivity index (χ2n) is 5.59. The van der Waals surface area contributed by atoms with Crippen LogP contribution < -0.4 is 4.74 Å². The summed E-state index contributed by atoms with van der Waals surface area (Å²) in [6, 6.07) is 5.22. The van der Waals surface area contributed by atoms with Crippen molar-refractivity contribution in [3.8, 4) is 5.75 Å². The van der Waals surface area contributed by atoms with Crippen molar-refractivity contribution in [2.24, 2.45) is 0 Å². The van der Waals surface area contributed by atoms with Gasteiger partial charge in [0.1, 0.15) is 0 Å². The van der Waals surface area contributed by atoms with Crippen LogP contribution >= 0.6 is 0 Å². The fourth-order valence-corrected chi connectivity index (χ4v) is 4.16. The Balaban J connectivity index is 1.71. The Kier molecular flexibility index (Phi) is 4.78. The molecule has 1 aromatic carbocycles. The first kappa shape index (κ1) is 17.4. The van der Waals surface area contributed by atoms with Crippen molar-refractivity contribution in [3.63, 3.8) is 0 Å². The lowest BCUT2D eigenvalue weighted by atomic mass is 10.2. The van der Waals surface area contributed by atoms with Crippen molar-refractivity contribution < 1.29 is 22.3 Å². The summed E-state index contributed by atoms with van der Waals surface area (Å²) >= 11 is 0. The Morgan fingerprint density at radius 3 is 2.48 bits per heavy atom. The van der Waals surface area contributed by atoms with Gasteiger partial charge in [-0.25, -0.2) is 12.8 Å². The highest BCUT2D eigenvalue weighted by Crippen LogP contribution is 2.24. The van der Waals surface area contributed by atoms with E-state index in [1.807, 2.05) is 0 Å². The molecule has 1 aliphatic heterocycles. The van der Waals surface area contributed by atoms with Gasteiger partial charge in [-0.2, -0.15) is 4.31 Å². The van der Waals surface area contributed by atoms with Gasteiger partial charge < -0.3 is 14.6 Å². The highest BCUT2D eigenvalue weighted by atomic mass is 32.2. The second-order valence-corrected chi connectivity index (χ2v) is 7.53. The van der Waals surface area contributed by atoms with Gasteiger partial charge in [-0.15, -0.1) is 0 Å². The number of aromatic nitrogens is 1. The molecule has 1 saturated heterocycles. The summed E-state index contributed by atoms with van der Waals surface area (Å²) < 4.78 is 45.2. The van der Waals surface area contributed by atoms with Gasteiger partial charge in [-0.1, -0.05) is 0 Å². The number of halogens is 1. The molecule has 0 radical (unpaired) electrons. The van der Waals surface area contributed by atoms with E-state index >= 15 is 0 Å². The third-order valence-electron chi connectivity index (χ3n) is 4.13. The molecule has 25 heavy (non-hydrogen) atoms. The van der Waals surface area contributed by atoms with Crippen LogP contribution in [0.2, 0.25) is 0 Å². The van der Waals surface area contributed by atoms with Crippen molar-refractivity contribution in [1.82, 2.24) is 14.2 Å². The molecule has 0 spiro atoms. The third kappa shape index (κ3) is 3.38. The number of ether oxygens (including phenoxy) is 1. The number of rotatable bonds is 4. The number of carbonyl (C=O) groups excluding carboxylic acids is 1. The molecule has 1 aliphatic rings. The minimum atomic E-state index is -3.82. The summed E-state index contributed by atoms with van der Waals surface area (Å²) in [5.74, 6) is -0.889. The predicted octanol–water partition coefficient (Wildman–Crippen LogP) is 1.31. The lowest BCUT2D eigenvalue weighted by molar-refractivity contribution is 0.0698. The van der Waals surface area contributed by atoms with Gasteiger partial charge in [0.05, 0.1) is 17.6 Å². The van der Waals surface area contributed by atoms with Crippen LogP contribution in [0.3, 0.4) is 0 Å². The molecular weight excluding hydrogens is 349 g/mol. The Bertz CT molecular complexity index is 860. The smallest absolute Gasteiger partial charge is 0.255 e. The van der Waals surface area contributed by atoms with Crippen molar-refractivity contribution in [1.29, 1.82) is 0 Å². The minimum Gasteiger partial charge on any atom is -0.494 e. The normalized spacial score (nSPS) is 16.0. The van der Waals surface area contributed by atoms with Gasteiger partial charge in [0.15, 0.2) is 11.6 Å². The van der Waals surface area contributed by atoms with E-state index in [1.165, 1.54) is 23.5 Å². The Labute approximate surface area is 145 Å². The van der Waals surface area contributed by atoms with Crippen LogP contribution in [0.1, 0.15) is 10.4 Å². The number of sulfonamides is 1. The van der Waals surface area contributed by atoms with E-state index in [2.05, 4.69) is 4.98 Å². The monoisotopic (exact) mass is 367 g/mol. The van der Waals surface area contributed by atoms with Crippen LogP contribution in [-0.2, 0) is 10.0 Å². The third-order valence-corrected chi connectivity index (χ3v) is 6.03. The number of benzene rings is 1. The number of carbonyl (C=O) groups is 1. The minimum absolute atomic E-state index is 0.0131. The van der Waals surface area contributed by atoms with Crippen molar-refractivity contribution >= 4 is 15.9 Å². The van der Waals surface area contributed by atoms with E-state index in [4.69, 9.17) is 4.74 Å². The second kappa shape index (κ2) is 6.85. The van der Waals surface area contributed by atoms with Crippen LogP contribution in [0, 0.1) is 5.82 Å². The average molecular weight is 367 g/mol. The first-order valence-corrected chi connectivity index (χ1v) is 9.13. The molecule has 0 atom stereocenters. The molecule has 1 amide bonds. The molecule has 3 rings (SSSR count). The Morgan fingerprint density at radius 1 is 1.20 bits per heavy atom. The van der Waals surface area contributed by atoms with E-state index < -0.39 is 15.8 Å². The number of amides is 1. The molecule has 134 valence electrons. The van der Waals surface area contributed by atoms with Crippen LogP contribution in [0.5, 0.6) is 5.75 Å². The van der Waals surface area contributed by atoms with Gasteiger partial charge >= 0.3 is 0 Å². The van der Waals surface area contributed by atoms with Crippen molar-refractivity contribution in [2.45, 2.75) is 4.90 Å². The summed E-state index contributed by atoms with van der Waals surface area (Å²) in [4.78, 5) is 16.6. The number of nitrogens with zero attached hydrogens (tertiary/aromatic N) is 2. The molecule has 2 heterocycles. The summed E-state index contributed by atoms with van der Waals surface area (Å²) in [7, 11) is -2.51. The summed E-state index contributed by atoms with van der Waals surface area (Å²) in [5.41, 5.74) is 0.536. The van der Waals surface area contributed by atoms with E-state index in [0.29, 0.717) is 5.56 Å². The van der Waals surface area contributed by atoms with E-state index in [9.17, 15) is 17.6 Å². The topological polar surface area (TPSA) is 82.7 Å². The number of nitrogens with one attached hydrogen (secondary N) is 1. The number of piperazine rings is 1. The fourth-order valence-electron chi connectivity index (χ4n) is 2.73. The van der Waals surface area contributed by atoms with E-state index in [0.717, 1.165) is 6.07 Å². The zero-order valence-electron chi connectivity index (χ0n) is 13.6. The highest BCUT2D eigenvalue weighted by Gasteiger charge is 2.31. The number of H-pyrrole nitrogens is 1. The van der Waals surface area contributed by atoms with Crippen molar-refractivity contribution in [2.75, 3.05) is 33.3 Å². The summed E-state index contributed by atoms with van der Waals surface area (Å²) in [6.07, 6.45) is 3.26. The zero-order valence-corrected chi connectivity index (χ0v) is 14.4. The highest BCUT2D eigenvalue weighted by molar-refractivity contribution is 7.89. The van der Waals surface area contributed by atoms with Gasteiger partial charge in [-0.05, 0) is 24.3 Å². The molecule has 1 aromatic heterocycles. The molecule has 1 N–H and O–H groups in total. The van der Waals surface area contributed by atoms with Crippen LogP contribution in [0.25, 0.3) is 0 Å². The number of hydrogen-bond acceptors (Lipinski definition) is 4.